The highest BCUT2D eigenvalue weighted by Gasteiger charge is 1.96. The molecule has 0 nitrogen and oxygen atoms in total. The molecule has 2 aromatic rings. The van der Waals surface area contributed by atoms with Gasteiger partial charge in [0.25, 0.3) is 0 Å². The maximum absolute atomic E-state index is 13.4. The van der Waals surface area contributed by atoms with Crippen LogP contribution in [0.2, 0.25) is 0 Å². The molecule has 2 rings (SSSR count). The third kappa shape index (κ3) is 6.31. The Hall–Kier alpha value is -2.52. The van der Waals surface area contributed by atoms with Crippen molar-refractivity contribution in [2.75, 3.05) is 0 Å². The van der Waals surface area contributed by atoms with Crippen molar-refractivity contribution in [3.8, 4) is 23.7 Å². The van der Waals surface area contributed by atoms with E-state index in [9.17, 15) is 8.78 Å². The lowest BCUT2D eigenvalue weighted by Gasteiger charge is -1.96. The summed E-state index contributed by atoms with van der Waals surface area (Å²) >= 11 is 0. The Bertz CT molecular complexity index is 804. The Morgan fingerprint density at radius 2 is 1.46 bits per heavy atom. The highest BCUT2D eigenvalue weighted by atomic mass is 19.1. The minimum atomic E-state index is -0.256. The lowest BCUT2D eigenvalue weighted by molar-refractivity contribution is 0.627. The van der Waals surface area contributed by atoms with E-state index >= 15 is 0 Å². The molecule has 0 aliphatic rings. The topological polar surface area (TPSA) is 0 Å². The lowest BCUT2D eigenvalue weighted by atomic mass is 9.94. The van der Waals surface area contributed by atoms with Crippen molar-refractivity contribution in [2.45, 2.75) is 32.1 Å². The van der Waals surface area contributed by atoms with Gasteiger partial charge in [-0.2, -0.15) is 0 Å². The highest BCUT2D eigenvalue weighted by Crippen LogP contribution is 2.04. The van der Waals surface area contributed by atoms with E-state index in [-0.39, 0.29) is 11.6 Å². The molecular weight excluding hydrogens is 301 g/mol. The Labute approximate surface area is 143 Å². The van der Waals surface area contributed by atoms with E-state index in [0.717, 1.165) is 37.7 Å². The Morgan fingerprint density at radius 1 is 0.792 bits per heavy atom. The maximum Gasteiger partial charge on any atom is 0.143 e. The summed E-state index contributed by atoms with van der Waals surface area (Å²) in [4.78, 5) is 0. The minimum Gasteiger partial charge on any atom is -0.208 e. The molecule has 0 bridgehead atoms. The molecule has 0 aliphatic heterocycles. The van der Waals surface area contributed by atoms with Crippen LogP contribution in [0.25, 0.3) is 0 Å². The molecule has 0 saturated carbocycles. The normalized spacial score (nSPS) is 9.58. The molecule has 0 aromatic heterocycles. The summed E-state index contributed by atoms with van der Waals surface area (Å²) in [5.74, 6) is 11.6. The molecule has 0 amide bonds. The fourth-order valence-corrected chi connectivity index (χ4v) is 2.17. The van der Waals surface area contributed by atoms with Crippen LogP contribution in [0, 0.1) is 35.3 Å². The van der Waals surface area contributed by atoms with E-state index in [1.807, 2.05) is 6.07 Å². The van der Waals surface area contributed by atoms with Crippen LogP contribution in [0.1, 0.15) is 43.2 Å². The quantitative estimate of drug-likeness (QED) is 0.459. The monoisotopic (exact) mass is 320 g/mol. The van der Waals surface area contributed by atoms with Crippen LogP contribution in [0.5, 0.6) is 0 Å². The third-order valence-electron chi connectivity index (χ3n) is 3.57. The van der Waals surface area contributed by atoms with Crippen molar-refractivity contribution in [3.63, 3.8) is 0 Å². The van der Waals surface area contributed by atoms with Crippen molar-refractivity contribution in [3.05, 3.63) is 65.2 Å². The zero-order valence-corrected chi connectivity index (χ0v) is 13.8. The number of hydrogen-bond donors (Lipinski definition) is 0. The van der Waals surface area contributed by atoms with E-state index in [2.05, 4.69) is 23.7 Å². The van der Waals surface area contributed by atoms with Crippen LogP contribution in [0.3, 0.4) is 0 Å². The average molecular weight is 320 g/mol. The van der Waals surface area contributed by atoms with E-state index in [0.29, 0.717) is 11.0 Å². The molecule has 0 unspecified atom stereocenters. The van der Waals surface area contributed by atoms with Gasteiger partial charge in [-0.25, -0.2) is 8.78 Å². The second kappa shape index (κ2) is 9.59. The Morgan fingerprint density at radius 3 is 2.08 bits per heavy atom. The Balaban J connectivity index is 1.64. The fourth-order valence-electron chi connectivity index (χ4n) is 2.17. The molecule has 0 N–H and O–H groups in total. The summed E-state index contributed by atoms with van der Waals surface area (Å²) in [5.41, 5.74) is 2.07. The van der Waals surface area contributed by atoms with Crippen molar-refractivity contribution in [1.29, 1.82) is 0 Å². The Kier molecular flexibility index (Phi) is 7.12. The van der Waals surface area contributed by atoms with Gasteiger partial charge in [0, 0.05) is 24.0 Å². The van der Waals surface area contributed by atoms with Crippen molar-refractivity contribution < 1.29 is 8.78 Å². The molecule has 0 atom stereocenters. The van der Waals surface area contributed by atoms with Gasteiger partial charge in [0.05, 0.1) is 0 Å². The van der Waals surface area contributed by atoms with E-state index in [1.165, 1.54) is 18.2 Å². The first kappa shape index (κ1) is 17.8. The second-order valence-electron chi connectivity index (χ2n) is 5.64. The van der Waals surface area contributed by atoms with Crippen LogP contribution >= 0.6 is 0 Å². The van der Waals surface area contributed by atoms with Crippen molar-refractivity contribution in [1.82, 2.24) is 0 Å². The standard InChI is InChI=1S/C21H19BF2/c22-20-14-13-18(16-21(20)24)10-7-5-3-1-2-4-6-9-17-11-8-12-19(23)15-17/h8,11-16H,1-5,22H2. The number of halogens is 2. The van der Waals surface area contributed by atoms with Gasteiger partial charge in [0.1, 0.15) is 19.5 Å². The molecule has 0 aliphatic carbocycles. The van der Waals surface area contributed by atoms with Gasteiger partial charge in [0.2, 0.25) is 0 Å². The van der Waals surface area contributed by atoms with Crippen molar-refractivity contribution in [2.24, 2.45) is 0 Å². The summed E-state index contributed by atoms with van der Waals surface area (Å²) in [6, 6.07) is 11.4. The largest absolute Gasteiger partial charge is 0.208 e. The zero-order valence-electron chi connectivity index (χ0n) is 13.8. The molecule has 0 saturated heterocycles. The van der Waals surface area contributed by atoms with E-state index in [4.69, 9.17) is 0 Å². The molecule has 0 heterocycles. The van der Waals surface area contributed by atoms with Gasteiger partial charge in [-0.1, -0.05) is 47.7 Å². The lowest BCUT2D eigenvalue weighted by Crippen LogP contribution is -2.07. The predicted octanol–water partition coefficient (Wildman–Crippen LogP) is 3.58. The van der Waals surface area contributed by atoms with Crippen molar-refractivity contribution >= 4 is 13.3 Å². The molecule has 24 heavy (non-hydrogen) atoms. The summed E-state index contributed by atoms with van der Waals surface area (Å²) in [5, 5.41) is 0. The first-order valence-corrected chi connectivity index (χ1v) is 8.14. The minimum absolute atomic E-state index is 0.210. The van der Waals surface area contributed by atoms with Crippen LogP contribution in [-0.2, 0) is 0 Å². The van der Waals surface area contributed by atoms with Gasteiger partial charge in [-0.05, 0) is 43.2 Å². The number of benzene rings is 2. The van der Waals surface area contributed by atoms with E-state index < -0.39 is 0 Å². The SMILES string of the molecule is Bc1ccc(C#CCCCCCC#Cc2cccc(F)c2)cc1F. The molecule has 0 spiro atoms. The van der Waals surface area contributed by atoms with Crippen LogP contribution in [-0.4, -0.2) is 7.85 Å². The third-order valence-corrected chi connectivity index (χ3v) is 3.57. The summed E-state index contributed by atoms with van der Waals surface area (Å²) < 4.78 is 26.3. The molecule has 2 aromatic carbocycles. The molecular formula is C21H19BF2. The smallest absolute Gasteiger partial charge is 0.143 e. The van der Waals surface area contributed by atoms with Gasteiger partial charge < -0.3 is 0 Å². The van der Waals surface area contributed by atoms with Crippen LogP contribution < -0.4 is 5.46 Å². The van der Waals surface area contributed by atoms with Gasteiger partial charge in [0.15, 0.2) is 0 Å². The fraction of sp³-hybridized carbons (Fsp3) is 0.238. The predicted molar refractivity (Wildman–Crippen MR) is 97.8 cm³/mol. The summed E-state index contributed by atoms with van der Waals surface area (Å²) in [6.07, 6.45) is 4.65. The van der Waals surface area contributed by atoms with Gasteiger partial charge in [-0.3, -0.25) is 0 Å². The second-order valence-corrected chi connectivity index (χ2v) is 5.64. The first-order valence-electron chi connectivity index (χ1n) is 8.14. The van der Waals surface area contributed by atoms with Gasteiger partial charge >= 0.3 is 0 Å². The summed E-state index contributed by atoms with van der Waals surface area (Å²) in [6.45, 7) is 0. The van der Waals surface area contributed by atoms with Gasteiger partial charge in [-0.15, -0.1) is 0 Å². The highest BCUT2D eigenvalue weighted by molar-refractivity contribution is 6.32. The molecule has 0 radical (unpaired) electrons. The van der Waals surface area contributed by atoms with E-state index in [1.54, 1.807) is 26.0 Å². The zero-order chi connectivity index (χ0) is 17.2. The number of rotatable bonds is 4. The average Bonchev–Trinajstić information content (AvgIpc) is 2.56. The molecule has 3 heteroatoms. The van der Waals surface area contributed by atoms with Crippen LogP contribution in [0.15, 0.2) is 42.5 Å². The van der Waals surface area contributed by atoms with Crippen LogP contribution in [0.4, 0.5) is 8.78 Å². The summed E-state index contributed by atoms with van der Waals surface area (Å²) in [7, 11) is 1.74. The molecule has 0 fully saturated rings. The first-order chi connectivity index (χ1) is 11.6. The number of hydrogen-bond acceptors (Lipinski definition) is 0. The number of unbranched alkanes of at least 4 members (excludes halogenated alkanes) is 4. The maximum atomic E-state index is 13.4. The molecule has 120 valence electrons.